The topological polar surface area (TPSA) is 67.8 Å². The lowest BCUT2D eigenvalue weighted by molar-refractivity contribution is -0.0147. The number of nitrogens with one attached hydrogen (secondary N) is 1. The van der Waals surface area contributed by atoms with Gasteiger partial charge in [-0.3, -0.25) is 4.79 Å². The van der Waals surface area contributed by atoms with Gasteiger partial charge in [-0.2, -0.15) is 0 Å². The molecule has 0 aliphatic heterocycles. The van der Waals surface area contributed by atoms with Gasteiger partial charge in [-0.15, -0.1) is 0 Å². The largest absolute Gasteiger partial charge is 0.494 e. The first-order valence-corrected chi connectivity index (χ1v) is 5.72. The van der Waals surface area contributed by atoms with Crippen molar-refractivity contribution in [1.29, 1.82) is 0 Å². The number of rotatable bonds is 6. The molecule has 19 heavy (non-hydrogen) atoms. The van der Waals surface area contributed by atoms with Crippen LogP contribution in [0.1, 0.15) is 17.3 Å². The summed E-state index contributed by atoms with van der Waals surface area (Å²) in [5.41, 5.74) is -1.01. The minimum absolute atomic E-state index is 0.00726. The fourth-order valence-electron chi connectivity index (χ4n) is 1.54. The predicted molar refractivity (Wildman–Crippen MR) is 67.8 cm³/mol. The van der Waals surface area contributed by atoms with E-state index in [1.165, 1.54) is 33.3 Å². The molecule has 106 valence electrons. The molecule has 1 aromatic rings. The Morgan fingerprint density at radius 1 is 1.47 bits per heavy atom. The fourth-order valence-corrected chi connectivity index (χ4v) is 1.54. The van der Waals surface area contributed by atoms with Gasteiger partial charge in [0.2, 0.25) is 0 Å². The van der Waals surface area contributed by atoms with E-state index in [0.717, 1.165) is 6.07 Å². The molecule has 6 heteroatoms. The summed E-state index contributed by atoms with van der Waals surface area (Å²) in [4.78, 5) is 11.8. The summed E-state index contributed by atoms with van der Waals surface area (Å²) >= 11 is 0. The van der Waals surface area contributed by atoms with E-state index in [1.807, 2.05) is 0 Å². The van der Waals surface area contributed by atoms with Crippen molar-refractivity contribution in [2.24, 2.45) is 0 Å². The number of aliphatic hydroxyl groups is 1. The maximum absolute atomic E-state index is 13.4. The van der Waals surface area contributed by atoms with Crippen LogP contribution in [0.5, 0.6) is 5.75 Å². The van der Waals surface area contributed by atoms with Crippen molar-refractivity contribution in [3.63, 3.8) is 0 Å². The quantitative estimate of drug-likeness (QED) is 0.808. The number of ether oxygens (including phenoxy) is 2. The Bertz CT molecular complexity index is 448. The first-order valence-electron chi connectivity index (χ1n) is 5.72. The van der Waals surface area contributed by atoms with Gasteiger partial charge in [0.15, 0.2) is 11.6 Å². The van der Waals surface area contributed by atoms with Gasteiger partial charge in [0, 0.05) is 19.2 Å². The van der Waals surface area contributed by atoms with Crippen LogP contribution in [-0.2, 0) is 4.74 Å². The number of carbonyl (C=O) groups excluding carboxylic acids is 1. The highest BCUT2D eigenvalue weighted by molar-refractivity contribution is 5.94. The highest BCUT2D eigenvalue weighted by atomic mass is 19.1. The Labute approximate surface area is 111 Å². The van der Waals surface area contributed by atoms with Crippen LogP contribution < -0.4 is 10.1 Å². The van der Waals surface area contributed by atoms with Crippen LogP contribution in [0.4, 0.5) is 4.39 Å². The zero-order chi connectivity index (χ0) is 14.5. The molecule has 0 radical (unpaired) electrons. The van der Waals surface area contributed by atoms with Crippen molar-refractivity contribution >= 4 is 5.91 Å². The molecule has 1 amide bonds. The van der Waals surface area contributed by atoms with Crippen LogP contribution in [0.15, 0.2) is 18.2 Å². The summed E-state index contributed by atoms with van der Waals surface area (Å²) in [7, 11) is 2.80. The van der Waals surface area contributed by atoms with Crippen molar-refractivity contribution in [3.8, 4) is 5.75 Å². The zero-order valence-corrected chi connectivity index (χ0v) is 11.2. The van der Waals surface area contributed by atoms with E-state index in [0.29, 0.717) is 0 Å². The summed E-state index contributed by atoms with van der Waals surface area (Å²) in [5.74, 6) is -1.01. The minimum Gasteiger partial charge on any atom is -0.494 e. The molecular weight excluding hydrogens is 253 g/mol. The standard InChI is InChI=1S/C13H18FNO4/c1-13(17,8-18-2)7-15-12(16)9-4-5-11(19-3)10(14)6-9/h4-6,17H,7-8H2,1-3H3,(H,15,16). The van der Waals surface area contributed by atoms with Gasteiger partial charge in [-0.25, -0.2) is 4.39 Å². The normalized spacial score (nSPS) is 13.7. The predicted octanol–water partition coefficient (Wildman–Crippen LogP) is 0.961. The average Bonchev–Trinajstić information content (AvgIpc) is 2.36. The SMILES string of the molecule is COCC(C)(O)CNC(=O)c1ccc(OC)c(F)c1. The van der Waals surface area contributed by atoms with Crippen molar-refractivity contribution in [2.75, 3.05) is 27.4 Å². The highest BCUT2D eigenvalue weighted by Crippen LogP contribution is 2.17. The molecule has 1 rings (SSSR count). The number of amides is 1. The minimum atomic E-state index is -1.17. The maximum atomic E-state index is 13.4. The molecule has 0 saturated carbocycles. The van der Waals surface area contributed by atoms with E-state index in [1.54, 1.807) is 0 Å². The van der Waals surface area contributed by atoms with Crippen LogP contribution in [-0.4, -0.2) is 44.0 Å². The molecule has 1 atom stereocenters. The van der Waals surface area contributed by atoms with Gasteiger partial charge in [0.05, 0.1) is 13.7 Å². The van der Waals surface area contributed by atoms with E-state index in [4.69, 9.17) is 9.47 Å². The molecule has 0 saturated heterocycles. The highest BCUT2D eigenvalue weighted by Gasteiger charge is 2.21. The number of hydrogen-bond donors (Lipinski definition) is 2. The maximum Gasteiger partial charge on any atom is 0.251 e. The number of benzene rings is 1. The monoisotopic (exact) mass is 271 g/mol. The summed E-state index contributed by atoms with van der Waals surface area (Å²) in [6.45, 7) is 1.63. The van der Waals surface area contributed by atoms with Crippen molar-refractivity contribution < 1.29 is 23.8 Å². The zero-order valence-electron chi connectivity index (χ0n) is 11.2. The fraction of sp³-hybridized carbons (Fsp3) is 0.462. The molecule has 0 spiro atoms. The lowest BCUT2D eigenvalue weighted by Gasteiger charge is -2.22. The number of carbonyl (C=O) groups is 1. The van der Waals surface area contributed by atoms with E-state index in [2.05, 4.69) is 5.32 Å². The van der Waals surface area contributed by atoms with Crippen LogP contribution in [0.25, 0.3) is 0 Å². The molecular formula is C13H18FNO4. The Kier molecular flexibility index (Phi) is 5.26. The Hall–Kier alpha value is -1.66. The summed E-state index contributed by atoms with van der Waals surface area (Å²) < 4.78 is 23.0. The first-order chi connectivity index (χ1) is 8.89. The summed E-state index contributed by atoms with van der Waals surface area (Å²) in [6, 6.07) is 3.90. The molecule has 0 heterocycles. The van der Waals surface area contributed by atoms with Gasteiger partial charge in [-0.05, 0) is 25.1 Å². The van der Waals surface area contributed by atoms with Gasteiger partial charge in [0.1, 0.15) is 5.60 Å². The molecule has 0 fully saturated rings. The smallest absolute Gasteiger partial charge is 0.251 e. The number of hydrogen-bond acceptors (Lipinski definition) is 4. The lowest BCUT2D eigenvalue weighted by Crippen LogP contribution is -2.43. The van der Waals surface area contributed by atoms with Gasteiger partial charge in [0.25, 0.3) is 5.91 Å². The third-order valence-corrected chi connectivity index (χ3v) is 2.50. The second-order valence-electron chi connectivity index (χ2n) is 4.46. The third-order valence-electron chi connectivity index (χ3n) is 2.50. The van der Waals surface area contributed by atoms with Gasteiger partial charge >= 0.3 is 0 Å². The van der Waals surface area contributed by atoms with Crippen molar-refractivity contribution in [1.82, 2.24) is 5.32 Å². The van der Waals surface area contributed by atoms with E-state index < -0.39 is 17.3 Å². The Morgan fingerprint density at radius 2 is 2.16 bits per heavy atom. The molecule has 1 aromatic carbocycles. The lowest BCUT2D eigenvalue weighted by atomic mass is 10.1. The number of halogens is 1. The van der Waals surface area contributed by atoms with Crippen LogP contribution in [0, 0.1) is 5.82 Å². The molecule has 0 aliphatic carbocycles. The molecule has 0 aliphatic rings. The van der Waals surface area contributed by atoms with Crippen LogP contribution in [0.3, 0.4) is 0 Å². The van der Waals surface area contributed by atoms with Gasteiger partial charge < -0.3 is 19.9 Å². The van der Waals surface area contributed by atoms with Crippen LogP contribution in [0.2, 0.25) is 0 Å². The van der Waals surface area contributed by atoms with Gasteiger partial charge in [-0.1, -0.05) is 0 Å². The second kappa shape index (κ2) is 6.49. The van der Waals surface area contributed by atoms with E-state index in [-0.39, 0.29) is 24.5 Å². The second-order valence-corrected chi connectivity index (χ2v) is 4.46. The first kappa shape index (κ1) is 15.4. The molecule has 2 N–H and O–H groups in total. The third kappa shape index (κ3) is 4.50. The van der Waals surface area contributed by atoms with Crippen LogP contribution >= 0.6 is 0 Å². The number of methoxy groups -OCH3 is 2. The van der Waals surface area contributed by atoms with E-state index in [9.17, 15) is 14.3 Å². The van der Waals surface area contributed by atoms with Crippen molar-refractivity contribution in [2.45, 2.75) is 12.5 Å². The average molecular weight is 271 g/mol. The molecule has 0 bridgehead atoms. The Balaban J connectivity index is 2.66. The summed E-state index contributed by atoms with van der Waals surface area (Å²) in [6.07, 6.45) is 0. The molecule has 1 unspecified atom stereocenters. The van der Waals surface area contributed by atoms with Crippen molar-refractivity contribution in [3.05, 3.63) is 29.6 Å². The Morgan fingerprint density at radius 3 is 2.68 bits per heavy atom. The summed E-state index contributed by atoms with van der Waals surface area (Å²) in [5, 5.41) is 12.3. The molecule has 0 aromatic heterocycles. The van der Waals surface area contributed by atoms with E-state index >= 15 is 0 Å². The molecule has 5 nitrogen and oxygen atoms in total.